The number of carbonyl (C=O) groups is 1. The highest BCUT2D eigenvalue weighted by atomic mass is 79.9. The van der Waals surface area contributed by atoms with Crippen molar-refractivity contribution in [2.45, 2.75) is 39.8 Å². The molecule has 0 heterocycles. The number of amides is 1. The van der Waals surface area contributed by atoms with E-state index in [1.807, 2.05) is 64.1 Å². The second kappa shape index (κ2) is 10.4. The maximum Gasteiger partial charge on any atom is 0.258 e. The van der Waals surface area contributed by atoms with Gasteiger partial charge in [-0.25, -0.2) is 0 Å². The lowest BCUT2D eigenvalue weighted by atomic mass is 10.1. The van der Waals surface area contributed by atoms with Crippen LogP contribution in [0, 0.1) is 0 Å². The van der Waals surface area contributed by atoms with Crippen LogP contribution in [0.2, 0.25) is 0 Å². The number of halogens is 1. The van der Waals surface area contributed by atoms with Crippen molar-refractivity contribution in [1.82, 2.24) is 5.32 Å². The third-order valence-corrected chi connectivity index (χ3v) is 4.60. The van der Waals surface area contributed by atoms with Crippen molar-refractivity contribution < 1.29 is 19.0 Å². The van der Waals surface area contributed by atoms with Crippen LogP contribution in [0.15, 0.2) is 40.9 Å². The molecular formula is C22H29BrN2O4. The molecule has 0 aromatic heterocycles. The molecule has 1 amide bonds. The Labute approximate surface area is 181 Å². The smallest absolute Gasteiger partial charge is 0.258 e. The number of carbonyl (C=O) groups excluding carboxylic acids is 1. The van der Waals surface area contributed by atoms with Gasteiger partial charge in [0.1, 0.15) is 5.75 Å². The molecule has 2 N–H and O–H groups in total. The second-order valence-electron chi connectivity index (χ2n) is 7.49. The fourth-order valence-corrected chi connectivity index (χ4v) is 3.06. The largest absolute Gasteiger partial charge is 0.497 e. The summed E-state index contributed by atoms with van der Waals surface area (Å²) in [6.07, 6.45) is 0. The molecule has 0 spiro atoms. The Bertz CT molecular complexity index is 817. The Balaban J connectivity index is 2.08. The van der Waals surface area contributed by atoms with Crippen molar-refractivity contribution >= 4 is 27.5 Å². The van der Waals surface area contributed by atoms with Crippen molar-refractivity contribution in [1.29, 1.82) is 0 Å². The lowest BCUT2D eigenvalue weighted by molar-refractivity contribution is -0.124. The van der Waals surface area contributed by atoms with Gasteiger partial charge in [-0.3, -0.25) is 4.79 Å². The summed E-state index contributed by atoms with van der Waals surface area (Å²) in [5.41, 5.74) is 1.69. The molecule has 0 atom stereocenters. The summed E-state index contributed by atoms with van der Waals surface area (Å²) in [5, 5.41) is 6.25. The molecule has 0 aliphatic rings. The number of methoxy groups -OCH3 is 1. The van der Waals surface area contributed by atoms with E-state index in [0.717, 1.165) is 21.5 Å². The molecule has 0 bridgehead atoms. The number of hydrogen-bond donors (Lipinski definition) is 2. The molecule has 0 aliphatic heterocycles. The molecule has 0 saturated heterocycles. The molecule has 2 aromatic carbocycles. The third-order valence-electron chi connectivity index (χ3n) is 3.86. The van der Waals surface area contributed by atoms with Crippen LogP contribution in [0.4, 0.5) is 5.69 Å². The van der Waals surface area contributed by atoms with Crippen LogP contribution in [0.1, 0.15) is 33.3 Å². The van der Waals surface area contributed by atoms with E-state index in [-0.39, 0.29) is 18.1 Å². The van der Waals surface area contributed by atoms with Crippen molar-refractivity contribution in [2.75, 3.05) is 25.6 Å². The zero-order valence-electron chi connectivity index (χ0n) is 17.6. The fourth-order valence-electron chi connectivity index (χ4n) is 2.60. The molecule has 0 radical (unpaired) electrons. The number of rotatable bonds is 9. The molecule has 0 saturated carbocycles. The van der Waals surface area contributed by atoms with Crippen LogP contribution in [0.5, 0.6) is 17.2 Å². The van der Waals surface area contributed by atoms with E-state index in [4.69, 9.17) is 14.2 Å². The lowest BCUT2D eigenvalue weighted by Gasteiger charge is -2.21. The minimum absolute atomic E-state index is 0.0762. The highest BCUT2D eigenvalue weighted by Gasteiger charge is 2.16. The molecule has 158 valence electrons. The van der Waals surface area contributed by atoms with Crippen LogP contribution >= 0.6 is 15.9 Å². The number of benzene rings is 2. The average molecular weight is 465 g/mol. The molecule has 29 heavy (non-hydrogen) atoms. The lowest BCUT2D eigenvalue weighted by Crippen LogP contribution is -2.43. The van der Waals surface area contributed by atoms with Crippen molar-refractivity contribution in [2.24, 2.45) is 0 Å². The molecule has 7 heteroatoms. The van der Waals surface area contributed by atoms with Crippen LogP contribution < -0.4 is 24.8 Å². The van der Waals surface area contributed by atoms with Gasteiger partial charge in [-0.2, -0.15) is 0 Å². The molecule has 2 rings (SSSR count). The number of anilines is 1. The Morgan fingerprint density at radius 3 is 2.31 bits per heavy atom. The standard InChI is InChI=1S/C22H29BrN2O4/c1-6-28-19-11-15(13-24-16-7-9-17(27-5)10-8-16)18(23)12-20(19)29-14-21(26)25-22(2,3)4/h7-12,24H,6,13-14H2,1-5H3,(H,25,26). The van der Waals surface area contributed by atoms with E-state index >= 15 is 0 Å². The normalized spacial score (nSPS) is 11.0. The first-order valence-corrected chi connectivity index (χ1v) is 10.3. The summed E-state index contributed by atoms with van der Waals surface area (Å²) in [4.78, 5) is 12.1. The second-order valence-corrected chi connectivity index (χ2v) is 8.35. The van der Waals surface area contributed by atoms with E-state index in [9.17, 15) is 4.79 Å². The summed E-state index contributed by atoms with van der Waals surface area (Å²) in [7, 11) is 1.64. The van der Waals surface area contributed by atoms with Gasteiger partial charge in [-0.1, -0.05) is 15.9 Å². The number of ether oxygens (including phenoxy) is 3. The maximum absolute atomic E-state index is 12.1. The predicted octanol–water partition coefficient (Wildman–Crippen LogP) is 4.76. The maximum atomic E-state index is 12.1. The van der Waals surface area contributed by atoms with Crippen LogP contribution in [-0.2, 0) is 11.3 Å². The summed E-state index contributed by atoms with van der Waals surface area (Å²) in [5.74, 6) is 1.76. The van der Waals surface area contributed by atoms with E-state index < -0.39 is 0 Å². The Hall–Kier alpha value is -2.41. The molecule has 0 unspecified atom stereocenters. The fraction of sp³-hybridized carbons (Fsp3) is 0.409. The van der Waals surface area contributed by atoms with Gasteiger partial charge in [-0.05, 0) is 69.7 Å². The SMILES string of the molecule is CCOc1cc(CNc2ccc(OC)cc2)c(Br)cc1OCC(=O)NC(C)(C)C. The molecule has 0 fully saturated rings. The van der Waals surface area contributed by atoms with Crippen LogP contribution in [-0.4, -0.2) is 31.8 Å². The molecular weight excluding hydrogens is 436 g/mol. The summed E-state index contributed by atoms with van der Waals surface area (Å²) in [6.45, 7) is 8.71. The first kappa shape index (κ1) is 22.9. The summed E-state index contributed by atoms with van der Waals surface area (Å²) < 4.78 is 17.5. The number of nitrogens with one attached hydrogen (secondary N) is 2. The minimum Gasteiger partial charge on any atom is -0.497 e. The first-order chi connectivity index (χ1) is 13.7. The van der Waals surface area contributed by atoms with Gasteiger partial charge >= 0.3 is 0 Å². The topological polar surface area (TPSA) is 68.8 Å². The van der Waals surface area contributed by atoms with Gasteiger partial charge in [0.2, 0.25) is 0 Å². The zero-order chi connectivity index (χ0) is 21.4. The van der Waals surface area contributed by atoms with Gasteiger partial charge in [0.15, 0.2) is 18.1 Å². The highest BCUT2D eigenvalue weighted by molar-refractivity contribution is 9.10. The van der Waals surface area contributed by atoms with E-state index in [1.165, 1.54) is 0 Å². The Kier molecular flexibility index (Phi) is 8.20. The monoisotopic (exact) mass is 464 g/mol. The van der Waals surface area contributed by atoms with Gasteiger partial charge in [0, 0.05) is 22.2 Å². The summed E-state index contributed by atoms with van der Waals surface area (Å²) >= 11 is 3.59. The third kappa shape index (κ3) is 7.49. The van der Waals surface area contributed by atoms with Crippen molar-refractivity contribution in [3.8, 4) is 17.2 Å². The van der Waals surface area contributed by atoms with Gasteiger partial charge < -0.3 is 24.8 Å². The van der Waals surface area contributed by atoms with Crippen molar-refractivity contribution in [3.05, 3.63) is 46.4 Å². The molecule has 0 aliphatic carbocycles. The number of hydrogen-bond acceptors (Lipinski definition) is 5. The zero-order valence-corrected chi connectivity index (χ0v) is 19.2. The molecule has 6 nitrogen and oxygen atoms in total. The van der Waals surface area contributed by atoms with Crippen LogP contribution in [0.25, 0.3) is 0 Å². The Morgan fingerprint density at radius 2 is 1.72 bits per heavy atom. The van der Waals surface area contributed by atoms with Gasteiger partial charge in [0.05, 0.1) is 13.7 Å². The highest BCUT2D eigenvalue weighted by Crippen LogP contribution is 2.34. The van der Waals surface area contributed by atoms with E-state index in [0.29, 0.717) is 24.7 Å². The van der Waals surface area contributed by atoms with E-state index in [1.54, 1.807) is 7.11 Å². The van der Waals surface area contributed by atoms with Gasteiger partial charge in [0.25, 0.3) is 5.91 Å². The van der Waals surface area contributed by atoms with E-state index in [2.05, 4.69) is 26.6 Å². The van der Waals surface area contributed by atoms with Crippen molar-refractivity contribution in [3.63, 3.8) is 0 Å². The molecule has 2 aromatic rings. The Morgan fingerprint density at radius 1 is 1.07 bits per heavy atom. The average Bonchev–Trinajstić information content (AvgIpc) is 2.66. The quantitative estimate of drug-likeness (QED) is 0.559. The van der Waals surface area contributed by atoms with Gasteiger partial charge in [-0.15, -0.1) is 0 Å². The first-order valence-electron chi connectivity index (χ1n) is 9.48. The van der Waals surface area contributed by atoms with Crippen LogP contribution in [0.3, 0.4) is 0 Å². The predicted molar refractivity (Wildman–Crippen MR) is 119 cm³/mol. The minimum atomic E-state index is -0.305. The summed E-state index contributed by atoms with van der Waals surface area (Å²) in [6, 6.07) is 11.5.